The molecule has 0 saturated heterocycles. The van der Waals surface area contributed by atoms with Gasteiger partial charge in [-0.1, -0.05) is 24.6 Å². The van der Waals surface area contributed by atoms with Crippen LogP contribution in [0.3, 0.4) is 0 Å². The van der Waals surface area contributed by atoms with E-state index < -0.39 is 0 Å². The Kier molecular flexibility index (Phi) is 6.52. The molecule has 0 aliphatic heterocycles. The second-order valence-corrected chi connectivity index (χ2v) is 7.53. The molecule has 3 rings (SSSR count). The van der Waals surface area contributed by atoms with Gasteiger partial charge in [0.1, 0.15) is 10.5 Å². The van der Waals surface area contributed by atoms with Crippen molar-refractivity contribution in [2.75, 3.05) is 0 Å². The maximum atomic E-state index is 13.5. The number of thiophene rings is 1. The van der Waals surface area contributed by atoms with Crippen molar-refractivity contribution in [1.29, 1.82) is 0 Å². The van der Waals surface area contributed by atoms with Crippen LogP contribution < -0.4 is 10.9 Å². The minimum atomic E-state index is -0.317. The molecule has 2 N–H and O–H groups in total. The zero-order valence-corrected chi connectivity index (χ0v) is 16.3. The molecule has 8 heteroatoms. The predicted molar refractivity (Wildman–Crippen MR) is 108 cm³/mol. The van der Waals surface area contributed by atoms with Crippen LogP contribution in [0.2, 0.25) is 0 Å². The van der Waals surface area contributed by atoms with Crippen molar-refractivity contribution in [1.82, 2.24) is 14.9 Å². The summed E-state index contributed by atoms with van der Waals surface area (Å²) in [5.74, 6) is -0.421. The lowest BCUT2D eigenvalue weighted by atomic mass is 10.1. The number of carbonyl (C=O) groups is 1. The van der Waals surface area contributed by atoms with Crippen LogP contribution in [0.25, 0.3) is 10.2 Å². The summed E-state index contributed by atoms with van der Waals surface area (Å²) in [5, 5.41) is 4.59. The lowest BCUT2D eigenvalue weighted by molar-refractivity contribution is -0.121. The maximum Gasteiger partial charge on any atom is 0.272 e. The van der Waals surface area contributed by atoms with Gasteiger partial charge < -0.3 is 10.3 Å². The van der Waals surface area contributed by atoms with E-state index in [0.29, 0.717) is 34.4 Å². The third-order valence-corrected chi connectivity index (χ3v) is 5.54. The Labute approximate surface area is 164 Å². The molecule has 0 saturated carbocycles. The molecule has 0 radical (unpaired) electrons. The number of halogens is 1. The Balaban J connectivity index is 1.42. The van der Waals surface area contributed by atoms with E-state index in [2.05, 4.69) is 10.3 Å². The molecular weight excluding hydrogens is 385 g/mol. The molecule has 142 valence electrons. The van der Waals surface area contributed by atoms with Gasteiger partial charge in [-0.25, -0.2) is 4.39 Å². The van der Waals surface area contributed by atoms with E-state index >= 15 is 0 Å². The first-order valence-electron chi connectivity index (χ1n) is 8.76. The van der Waals surface area contributed by atoms with Crippen molar-refractivity contribution in [2.24, 2.45) is 0 Å². The highest BCUT2D eigenvalue weighted by Gasteiger charge is 2.07. The number of nitrogens with zero attached hydrogens (tertiary/aromatic N) is 1. The number of benzene rings is 1. The number of H-pyrrole nitrogens is 1. The average Bonchev–Trinajstić information content (AvgIpc) is 3.11. The van der Waals surface area contributed by atoms with E-state index in [1.807, 2.05) is 11.4 Å². The number of fused-ring (bicyclic) bond motifs is 1. The van der Waals surface area contributed by atoms with Crippen molar-refractivity contribution in [3.05, 3.63) is 62.2 Å². The van der Waals surface area contributed by atoms with Gasteiger partial charge in [0.2, 0.25) is 5.91 Å². The maximum absolute atomic E-state index is 13.5. The first kappa shape index (κ1) is 19.4. The smallest absolute Gasteiger partial charge is 0.272 e. The van der Waals surface area contributed by atoms with Gasteiger partial charge in [0.15, 0.2) is 4.77 Å². The van der Waals surface area contributed by atoms with Crippen LogP contribution >= 0.6 is 23.6 Å². The van der Waals surface area contributed by atoms with Crippen molar-refractivity contribution < 1.29 is 9.18 Å². The molecule has 0 bridgehead atoms. The number of hydrogen-bond donors (Lipinski definition) is 2. The normalized spacial score (nSPS) is 11.0. The fraction of sp³-hybridized carbons (Fsp3) is 0.316. The summed E-state index contributed by atoms with van der Waals surface area (Å²) in [6.45, 7) is 0.718. The fourth-order valence-electron chi connectivity index (χ4n) is 2.83. The summed E-state index contributed by atoms with van der Waals surface area (Å²) >= 11 is 6.66. The van der Waals surface area contributed by atoms with Crippen LogP contribution in [0.15, 0.2) is 40.5 Å². The number of unbranched alkanes of at least 4 members (excludes halogenated alkanes) is 2. The monoisotopic (exact) mass is 405 g/mol. The van der Waals surface area contributed by atoms with Gasteiger partial charge in [0, 0.05) is 25.1 Å². The number of nitrogens with one attached hydrogen (secondary N) is 2. The van der Waals surface area contributed by atoms with Gasteiger partial charge >= 0.3 is 0 Å². The lowest BCUT2D eigenvalue weighted by Crippen LogP contribution is -2.23. The molecule has 5 nitrogen and oxygen atoms in total. The molecule has 0 atom stereocenters. The van der Waals surface area contributed by atoms with Gasteiger partial charge in [-0.05, 0) is 42.6 Å². The van der Waals surface area contributed by atoms with Gasteiger partial charge in [-0.3, -0.25) is 14.2 Å². The van der Waals surface area contributed by atoms with Crippen molar-refractivity contribution in [3.8, 4) is 0 Å². The zero-order chi connectivity index (χ0) is 19.2. The van der Waals surface area contributed by atoms with E-state index in [4.69, 9.17) is 12.2 Å². The molecule has 0 aliphatic rings. The first-order chi connectivity index (χ1) is 13.1. The third-order valence-electron chi connectivity index (χ3n) is 4.31. The SMILES string of the molecule is O=C(CCCCCn1c(=S)[nH]c2ccsc2c1=O)NCc1ccccc1F. The fourth-order valence-corrected chi connectivity index (χ4v) is 3.91. The molecule has 27 heavy (non-hydrogen) atoms. The van der Waals surface area contributed by atoms with Crippen molar-refractivity contribution in [3.63, 3.8) is 0 Å². The van der Waals surface area contributed by atoms with Crippen LogP contribution in [-0.4, -0.2) is 15.5 Å². The van der Waals surface area contributed by atoms with E-state index in [-0.39, 0.29) is 23.8 Å². The molecule has 0 fully saturated rings. The minimum Gasteiger partial charge on any atom is -0.352 e. The number of aromatic nitrogens is 2. The van der Waals surface area contributed by atoms with E-state index in [9.17, 15) is 14.0 Å². The van der Waals surface area contributed by atoms with E-state index in [0.717, 1.165) is 18.4 Å². The summed E-state index contributed by atoms with van der Waals surface area (Å²) in [6, 6.07) is 8.24. The molecular formula is C19H20FN3O2S2. The highest BCUT2D eigenvalue weighted by molar-refractivity contribution is 7.71. The zero-order valence-electron chi connectivity index (χ0n) is 14.7. The number of carbonyl (C=O) groups excluding carboxylic acids is 1. The Bertz CT molecular complexity index is 1050. The topological polar surface area (TPSA) is 66.9 Å². The van der Waals surface area contributed by atoms with Crippen molar-refractivity contribution >= 4 is 39.7 Å². The molecule has 0 aliphatic carbocycles. The van der Waals surface area contributed by atoms with Crippen LogP contribution in [0.1, 0.15) is 31.2 Å². The lowest BCUT2D eigenvalue weighted by Gasteiger charge is -2.07. The average molecular weight is 406 g/mol. The number of aromatic amines is 1. The highest BCUT2D eigenvalue weighted by Crippen LogP contribution is 2.14. The minimum absolute atomic E-state index is 0.0635. The van der Waals surface area contributed by atoms with Crippen LogP contribution in [0.4, 0.5) is 4.39 Å². The van der Waals surface area contributed by atoms with Crippen LogP contribution in [-0.2, 0) is 17.9 Å². The van der Waals surface area contributed by atoms with Gasteiger partial charge in [0.05, 0.1) is 5.52 Å². The quantitative estimate of drug-likeness (QED) is 0.437. The van der Waals surface area contributed by atoms with E-state index in [1.54, 1.807) is 22.8 Å². The van der Waals surface area contributed by atoms with E-state index in [1.165, 1.54) is 17.4 Å². The molecule has 0 spiro atoms. The summed E-state index contributed by atoms with van der Waals surface area (Å²) < 4.78 is 16.2. The van der Waals surface area contributed by atoms with Crippen molar-refractivity contribution in [2.45, 2.75) is 38.8 Å². The van der Waals surface area contributed by atoms with Gasteiger partial charge in [-0.2, -0.15) is 0 Å². The molecule has 2 aromatic heterocycles. The largest absolute Gasteiger partial charge is 0.352 e. The predicted octanol–water partition coefficient (Wildman–Crippen LogP) is 4.14. The molecule has 1 aromatic carbocycles. The second kappa shape index (κ2) is 9.05. The Morgan fingerprint density at radius 1 is 1.22 bits per heavy atom. The summed E-state index contributed by atoms with van der Waals surface area (Å²) in [5.41, 5.74) is 1.19. The number of rotatable bonds is 8. The Hall–Kier alpha value is -2.32. The molecule has 3 aromatic rings. The summed E-state index contributed by atoms with van der Waals surface area (Å²) in [6.07, 6.45) is 2.64. The third kappa shape index (κ3) is 4.90. The van der Waals surface area contributed by atoms with Gasteiger partial charge in [-0.15, -0.1) is 11.3 Å². The number of hydrogen-bond acceptors (Lipinski definition) is 4. The Morgan fingerprint density at radius 3 is 2.85 bits per heavy atom. The standard InChI is InChI=1S/C19H20FN3O2S2/c20-14-7-4-3-6-13(14)12-21-16(24)8-2-1-5-10-23-18(25)17-15(9-11-27-17)22-19(23)26/h3-4,6-7,9,11H,1-2,5,8,10,12H2,(H,21,24)(H,22,26). The highest BCUT2D eigenvalue weighted by atomic mass is 32.1. The van der Waals surface area contributed by atoms with Gasteiger partial charge in [0.25, 0.3) is 5.56 Å². The summed E-state index contributed by atoms with van der Waals surface area (Å²) in [4.78, 5) is 27.4. The number of amides is 1. The van der Waals surface area contributed by atoms with Crippen LogP contribution in [0, 0.1) is 10.6 Å². The molecule has 1 amide bonds. The molecule has 2 heterocycles. The first-order valence-corrected chi connectivity index (χ1v) is 10.1. The second-order valence-electron chi connectivity index (χ2n) is 6.23. The van der Waals surface area contributed by atoms with Crippen LogP contribution in [0.5, 0.6) is 0 Å². The summed E-state index contributed by atoms with van der Waals surface area (Å²) in [7, 11) is 0. The molecule has 0 unspecified atom stereocenters. The Morgan fingerprint density at radius 2 is 2.04 bits per heavy atom.